The number of carboxylic acid groups (broad SMARTS) is 1. The third-order valence-corrected chi connectivity index (χ3v) is 2.45. The Balaban J connectivity index is 2.80. The van der Waals surface area contributed by atoms with E-state index in [2.05, 4.69) is 20.6 Å². The van der Waals surface area contributed by atoms with Crippen LogP contribution in [0.2, 0.25) is 0 Å². The van der Waals surface area contributed by atoms with E-state index in [-0.39, 0.29) is 11.6 Å². The lowest BCUT2D eigenvalue weighted by atomic mass is 10.2. The van der Waals surface area contributed by atoms with Crippen molar-refractivity contribution in [1.82, 2.24) is 15.3 Å². The number of aromatic carboxylic acids is 1. The molecule has 0 atom stereocenters. The summed E-state index contributed by atoms with van der Waals surface area (Å²) < 4.78 is 0. The van der Waals surface area contributed by atoms with Crippen molar-refractivity contribution in [3.63, 3.8) is 0 Å². The fourth-order valence-corrected chi connectivity index (χ4v) is 1.45. The molecule has 6 heteroatoms. The molecule has 0 saturated heterocycles. The summed E-state index contributed by atoms with van der Waals surface area (Å²) in [5.74, 6) is -0.370. The second-order valence-electron chi connectivity index (χ2n) is 4.33. The van der Waals surface area contributed by atoms with Crippen LogP contribution >= 0.6 is 0 Å². The summed E-state index contributed by atoms with van der Waals surface area (Å²) in [5.41, 5.74) is 0.515. The molecule has 0 spiro atoms. The maximum absolute atomic E-state index is 11.1. The molecule has 100 valence electrons. The molecule has 0 saturated carbocycles. The Morgan fingerprint density at radius 2 is 2.17 bits per heavy atom. The second kappa shape index (κ2) is 6.90. The van der Waals surface area contributed by atoms with Crippen molar-refractivity contribution in [2.45, 2.75) is 26.2 Å². The van der Waals surface area contributed by atoms with Crippen molar-refractivity contribution >= 4 is 11.7 Å². The highest BCUT2D eigenvalue weighted by atomic mass is 16.4. The molecule has 0 radical (unpaired) electrons. The van der Waals surface area contributed by atoms with Crippen LogP contribution in [0.5, 0.6) is 0 Å². The van der Waals surface area contributed by atoms with Crippen LogP contribution in [0, 0.1) is 0 Å². The van der Waals surface area contributed by atoms with Gasteiger partial charge in [-0.3, -0.25) is 0 Å². The van der Waals surface area contributed by atoms with Crippen molar-refractivity contribution in [3.8, 4) is 0 Å². The molecular formula is C12H20N4O2. The van der Waals surface area contributed by atoms with Crippen molar-refractivity contribution < 1.29 is 9.90 Å². The third kappa shape index (κ3) is 3.96. The van der Waals surface area contributed by atoms with Gasteiger partial charge in [0.2, 0.25) is 0 Å². The van der Waals surface area contributed by atoms with Gasteiger partial charge in [-0.25, -0.2) is 14.8 Å². The molecule has 0 fully saturated rings. The largest absolute Gasteiger partial charge is 0.476 e. The van der Waals surface area contributed by atoms with E-state index >= 15 is 0 Å². The van der Waals surface area contributed by atoms with Crippen LogP contribution < -0.4 is 10.6 Å². The predicted octanol–water partition coefficient (Wildman–Crippen LogP) is 1.32. The minimum Gasteiger partial charge on any atom is -0.476 e. The maximum Gasteiger partial charge on any atom is 0.356 e. The van der Waals surface area contributed by atoms with Gasteiger partial charge in [-0.15, -0.1) is 0 Å². The molecule has 3 N–H and O–H groups in total. The standard InChI is InChI=1S/C12H20N4O2/c1-8(2)11-15-7-9(10(16-11)12(17)18)14-6-4-5-13-3/h7-8,13-14H,4-6H2,1-3H3,(H,17,18). The Kier molecular flexibility index (Phi) is 5.51. The first-order valence-electron chi connectivity index (χ1n) is 6.05. The monoisotopic (exact) mass is 252 g/mol. The summed E-state index contributed by atoms with van der Waals surface area (Å²) in [7, 11) is 1.88. The van der Waals surface area contributed by atoms with Gasteiger partial charge in [-0.1, -0.05) is 13.8 Å². The quantitative estimate of drug-likeness (QED) is 0.634. The first kappa shape index (κ1) is 14.4. The van der Waals surface area contributed by atoms with Gasteiger partial charge < -0.3 is 15.7 Å². The fraction of sp³-hybridized carbons (Fsp3) is 0.583. The van der Waals surface area contributed by atoms with Gasteiger partial charge in [0.1, 0.15) is 5.82 Å². The van der Waals surface area contributed by atoms with Gasteiger partial charge in [0.15, 0.2) is 5.69 Å². The number of rotatable bonds is 7. The average molecular weight is 252 g/mol. The zero-order valence-corrected chi connectivity index (χ0v) is 11.0. The number of carboxylic acids is 1. The van der Waals surface area contributed by atoms with E-state index in [1.165, 1.54) is 0 Å². The molecule has 0 aliphatic carbocycles. The van der Waals surface area contributed by atoms with E-state index < -0.39 is 5.97 Å². The van der Waals surface area contributed by atoms with Crippen LogP contribution in [-0.2, 0) is 0 Å². The van der Waals surface area contributed by atoms with E-state index in [4.69, 9.17) is 5.11 Å². The van der Waals surface area contributed by atoms with Crippen LogP contribution in [0.3, 0.4) is 0 Å². The Labute approximate surface area is 107 Å². The minimum absolute atomic E-state index is 0.0400. The minimum atomic E-state index is -1.03. The number of nitrogens with one attached hydrogen (secondary N) is 2. The molecule has 1 heterocycles. The van der Waals surface area contributed by atoms with Crippen LogP contribution in [0.4, 0.5) is 5.69 Å². The zero-order chi connectivity index (χ0) is 13.5. The molecule has 0 aromatic carbocycles. The highest BCUT2D eigenvalue weighted by Gasteiger charge is 2.15. The van der Waals surface area contributed by atoms with E-state index in [0.29, 0.717) is 18.1 Å². The topological polar surface area (TPSA) is 87.1 Å². The van der Waals surface area contributed by atoms with Gasteiger partial charge in [0, 0.05) is 12.5 Å². The van der Waals surface area contributed by atoms with Crippen LogP contribution in [0.1, 0.15) is 42.5 Å². The summed E-state index contributed by atoms with van der Waals surface area (Å²) in [6, 6.07) is 0. The molecule has 18 heavy (non-hydrogen) atoms. The lowest BCUT2D eigenvalue weighted by Crippen LogP contribution is -2.16. The highest BCUT2D eigenvalue weighted by Crippen LogP contribution is 2.16. The van der Waals surface area contributed by atoms with Crippen LogP contribution in [0.15, 0.2) is 6.20 Å². The normalized spacial score (nSPS) is 10.7. The zero-order valence-electron chi connectivity index (χ0n) is 11.0. The van der Waals surface area contributed by atoms with Crippen molar-refractivity contribution in [1.29, 1.82) is 0 Å². The molecular weight excluding hydrogens is 232 g/mol. The Morgan fingerprint density at radius 1 is 1.44 bits per heavy atom. The molecule has 1 aromatic heterocycles. The molecule has 6 nitrogen and oxygen atoms in total. The lowest BCUT2D eigenvalue weighted by molar-refractivity contribution is 0.0691. The number of carbonyl (C=O) groups is 1. The van der Waals surface area contributed by atoms with Gasteiger partial charge >= 0.3 is 5.97 Å². The number of hydrogen-bond acceptors (Lipinski definition) is 5. The summed E-state index contributed by atoms with van der Waals surface area (Å²) in [4.78, 5) is 19.4. The molecule has 0 unspecified atom stereocenters. The van der Waals surface area contributed by atoms with Gasteiger partial charge in [0.05, 0.1) is 11.9 Å². The number of nitrogens with zero attached hydrogens (tertiary/aromatic N) is 2. The second-order valence-corrected chi connectivity index (χ2v) is 4.33. The number of anilines is 1. The fourth-order valence-electron chi connectivity index (χ4n) is 1.45. The van der Waals surface area contributed by atoms with E-state index in [0.717, 1.165) is 13.0 Å². The SMILES string of the molecule is CNCCCNc1cnc(C(C)C)nc1C(=O)O. The van der Waals surface area contributed by atoms with Gasteiger partial charge in [-0.05, 0) is 20.0 Å². The number of aromatic nitrogens is 2. The summed E-state index contributed by atoms with van der Waals surface area (Å²) in [5, 5.41) is 15.2. The third-order valence-electron chi connectivity index (χ3n) is 2.45. The van der Waals surface area contributed by atoms with Gasteiger partial charge in [-0.2, -0.15) is 0 Å². The number of hydrogen-bond donors (Lipinski definition) is 3. The molecule has 0 amide bonds. The molecule has 0 bridgehead atoms. The summed E-state index contributed by atoms with van der Waals surface area (Å²) in [6.07, 6.45) is 2.45. The maximum atomic E-state index is 11.1. The molecule has 0 aliphatic rings. The highest BCUT2D eigenvalue weighted by molar-refractivity contribution is 5.91. The van der Waals surface area contributed by atoms with Crippen molar-refractivity contribution in [3.05, 3.63) is 17.7 Å². The van der Waals surface area contributed by atoms with Crippen molar-refractivity contribution in [2.24, 2.45) is 0 Å². The van der Waals surface area contributed by atoms with E-state index in [1.807, 2.05) is 20.9 Å². The Morgan fingerprint density at radius 3 is 2.72 bits per heavy atom. The lowest BCUT2D eigenvalue weighted by Gasteiger charge is -2.11. The average Bonchev–Trinajstić information content (AvgIpc) is 2.34. The molecule has 0 aliphatic heterocycles. The Bertz CT molecular complexity index is 407. The Hall–Kier alpha value is -1.69. The van der Waals surface area contributed by atoms with Gasteiger partial charge in [0.25, 0.3) is 0 Å². The molecule has 1 rings (SSSR count). The van der Waals surface area contributed by atoms with Crippen LogP contribution in [0.25, 0.3) is 0 Å². The summed E-state index contributed by atoms with van der Waals surface area (Å²) in [6.45, 7) is 5.42. The first-order valence-corrected chi connectivity index (χ1v) is 6.05. The first-order chi connectivity index (χ1) is 8.56. The predicted molar refractivity (Wildman–Crippen MR) is 70.1 cm³/mol. The van der Waals surface area contributed by atoms with Crippen LogP contribution in [-0.4, -0.2) is 41.2 Å². The van der Waals surface area contributed by atoms with Crippen molar-refractivity contribution in [2.75, 3.05) is 25.5 Å². The molecule has 1 aromatic rings. The van der Waals surface area contributed by atoms with E-state index in [9.17, 15) is 4.79 Å². The summed E-state index contributed by atoms with van der Waals surface area (Å²) >= 11 is 0. The van der Waals surface area contributed by atoms with E-state index in [1.54, 1.807) is 6.20 Å². The smallest absolute Gasteiger partial charge is 0.356 e.